The number of hydrogen-bond donors (Lipinski definition) is 0. The molecule has 8 heteroatoms. The van der Waals surface area contributed by atoms with Crippen LogP contribution in [0, 0.1) is 0 Å². The predicted octanol–water partition coefficient (Wildman–Crippen LogP) is 4.83. The van der Waals surface area contributed by atoms with Crippen molar-refractivity contribution in [3.8, 4) is 0 Å². The van der Waals surface area contributed by atoms with Gasteiger partial charge in [-0.25, -0.2) is 4.90 Å². The molecule has 0 spiro atoms. The fourth-order valence-corrected chi connectivity index (χ4v) is 4.56. The minimum absolute atomic E-state index is 0.110. The molecular formula is C26H22F3N3O2. The van der Waals surface area contributed by atoms with Gasteiger partial charge in [-0.05, 0) is 35.9 Å². The number of halogens is 3. The van der Waals surface area contributed by atoms with E-state index in [0.29, 0.717) is 23.7 Å². The number of fused-ring (bicyclic) bond motifs is 1. The standard InChI is InChI=1S/C26H22F3N3O2/c27-26(28,29)22-16-19(31-14-12-30(13-15-31)17-18-6-2-1-3-7-18)10-11-23(22)32-24(33)20-8-4-5-9-21(20)25(32)34/h1-11,16H,12-15,17H2. The number of carbonyl (C=O) groups excluding carboxylic acids is 2. The largest absolute Gasteiger partial charge is 0.418 e. The van der Waals surface area contributed by atoms with E-state index in [1.54, 1.807) is 18.2 Å². The second-order valence-electron chi connectivity index (χ2n) is 8.44. The highest BCUT2D eigenvalue weighted by atomic mass is 19.4. The first-order valence-corrected chi connectivity index (χ1v) is 11.0. The first kappa shape index (κ1) is 22.2. The molecule has 1 fully saturated rings. The van der Waals surface area contributed by atoms with Crippen molar-refractivity contribution in [1.82, 2.24) is 4.90 Å². The second kappa shape index (κ2) is 8.61. The van der Waals surface area contributed by atoms with Crippen molar-refractivity contribution in [3.63, 3.8) is 0 Å². The lowest BCUT2D eigenvalue weighted by atomic mass is 10.1. The van der Waals surface area contributed by atoms with Crippen molar-refractivity contribution in [3.05, 3.63) is 95.1 Å². The van der Waals surface area contributed by atoms with E-state index in [1.165, 1.54) is 23.8 Å². The highest BCUT2D eigenvalue weighted by molar-refractivity contribution is 6.34. The normalized spacial score (nSPS) is 16.8. The molecule has 0 aliphatic carbocycles. The molecule has 1 saturated heterocycles. The molecule has 0 unspecified atom stereocenters. The summed E-state index contributed by atoms with van der Waals surface area (Å²) >= 11 is 0. The number of anilines is 2. The van der Waals surface area contributed by atoms with Crippen molar-refractivity contribution in [2.45, 2.75) is 12.7 Å². The summed E-state index contributed by atoms with van der Waals surface area (Å²) in [4.78, 5) is 30.4. The van der Waals surface area contributed by atoms with Crippen LogP contribution in [0.5, 0.6) is 0 Å². The quantitative estimate of drug-likeness (QED) is 0.518. The zero-order valence-electron chi connectivity index (χ0n) is 18.3. The number of rotatable bonds is 4. The predicted molar refractivity (Wildman–Crippen MR) is 123 cm³/mol. The molecule has 0 bridgehead atoms. The van der Waals surface area contributed by atoms with Crippen molar-refractivity contribution >= 4 is 23.2 Å². The van der Waals surface area contributed by atoms with Gasteiger partial charge in [0.1, 0.15) is 0 Å². The molecule has 5 rings (SSSR count). The number of hydrogen-bond acceptors (Lipinski definition) is 4. The van der Waals surface area contributed by atoms with Gasteiger partial charge in [-0.1, -0.05) is 42.5 Å². The van der Waals surface area contributed by atoms with Gasteiger partial charge in [0.05, 0.1) is 22.4 Å². The molecule has 5 nitrogen and oxygen atoms in total. The molecule has 2 heterocycles. The summed E-state index contributed by atoms with van der Waals surface area (Å²) in [5, 5.41) is 0. The van der Waals surface area contributed by atoms with Crippen LogP contribution in [0.1, 0.15) is 31.8 Å². The first-order valence-electron chi connectivity index (χ1n) is 11.0. The highest BCUT2D eigenvalue weighted by Crippen LogP contribution is 2.41. The molecule has 0 N–H and O–H groups in total. The van der Waals surface area contributed by atoms with Crippen LogP contribution in [0.2, 0.25) is 0 Å². The van der Waals surface area contributed by atoms with Crippen LogP contribution in [-0.4, -0.2) is 42.9 Å². The van der Waals surface area contributed by atoms with Crippen LogP contribution >= 0.6 is 0 Å². The molecule has 2 aliphatic rings. The monoisotopic (exact) mass is 465 g/mol. The van der Waals surface area contributed by atoms with Crippen molar-refractivity contribution in [1.29, 1.82) is 0 Å². The van der Waals surface area contributed by atoms with E-state index in [9.17, 15) is 22.8 Å². The van der Waals surface area contributed by atoms with Gasteiger partial charge in [0.2, 0.25) is 0 Å². The molecule has 0 aromatic heterocycles. The molecule has 34 heavy (non-hydrogen) atoms. The Morgan fingerprint density at radius 2 is 1.32 bits per heavy atom. The SMILES string of the molecule is O=C1c2ccccc2C(=O)N1c1ccc(N2CCN(Cc3ccccc3)CC2)cc1C(F)(F)F. The first-order chi connectivity index (χ1) is 16.3. The van der Waals surface area contributed by atoms with Crippen LogP contribution in [0.3, 0.4) is 0 Å². The molecule has 0 radical (unpaired) electrons. The molecule has 0 atom stereocenters. The van der Waals surface area contributed by atoms with E-state index in [1.807, 2.05) is 23.1 Å². The number of carbonyl (C=O) groups is 2. The average Bonchev–Trinajstić information content (AvgIpc) is 3.09. The van der Waals surface area contributed by atoms with E-state index < -0.39 is 29.2 Å². The Labute approximate surface area is 195 Å². The molecule has 0 saturated carbocycles. The fraction of sp³-hybridized carbons (Fsp3) is 0.231. The zero-order chi connectivity index (χ0) is 23.9. The Balaban J connectivity index is 1.38. The van der Waals surface area contributed by atoms with Crippen LogP contribution in [0.25, 0.3) is 0 Å². The number of nitrogens with zero attached hydrogens (tertiary/aromatic N) is 3. The van der Waals surface area contributed by atoms with Gasteiger partial charge in [-0.15, -0.1) is 0 Å². The number of amides is 2. The number of benzene rings is 3. The second-order valence-corrected chi connectivity index (χ2v) is 8.44. The summed E-state index contributed by atoms with van der Waals surface area (Å²) < 4.78 is 42.2. The smallest absolute Gasteiger partial charge is 0.369 e. The fourth-order valence-electron chi connectivity index (χ4n) is 4.56. The lowest BCUT2D eigenvalue weighted by Gasteiger charge is -2.36. The highest BCUT2D eigenvalue weighted by Gasteiger charge is 2.42. The third-order valence-electron chi connectivity index (χ3n) is 6.31. The van der Waals surface area contributed by atoms with Gasteiger partial charge in [0, 0.05) is 38.4 Å². The van der Waals surface area contributed by atoms with Crippen molar-refractivity contribution in [2.75, 3.05) is 36.0 Å². The Kier molecular flexibility index (Phi) is 5.61. The number of imide groups is 1. The number of piperazine rings is 1. The van der Waals surface area contributed by atoms with Gasteiger partial charge in [0.15, 0.2) is 0 Å². The van der Waals surface area contributed by atoms with Crippen molar-refractivity contribution in [2.24, 2.45) is 0 Å². The van der Waals surface area contributed by atoms with E-state index in [0.717, 1.165) is 25.7 Å². The third kappa shape index (κ3) is 4.05. The van der Waals surface area contributed by atoms with Crippen LogP contribution < -0.4 is 9.80 Å². The maximum Gasteiger partial charge on any atom is 0.418 e. The average molecular weight is 465 g/mol. The summed E-state index contributed by atoms with van der Waals surface area (Å²) in [6, 6.07) is 19.9. The summed E-state index contributed by atoms with van der Waals surface area (Å²) in [5.74, 6) is -1.48. The molecule has 2 amide bonds. The third-order valence-corrected chi connectivity index (χ3v) is 6.31. The minimum atomic E-state index is -4.73. The summed E-state index contributed by atoms with van der Waals surface area (Å²) in [6.45, 7) is 3.39. The molecule has 3 aromatic rings. The summed E-state index contributed by atoms with van der Waals surface area (Å²) in [7, 11) is 0. The summed E-state index contributed by atoms with van der Waals surface area (Å²) in [6.07, 6.45) is -4.73. The van der Waals surface area contributed by atoms with Gasteiger partial charge < -0.3 is 4.90 Å². The van der Waals surface area contributed by atoms with Gasteiger partial charge in [-0.3, -0.25) is 14.5 Å². The van der Waals surface area contributed by atoms with Gasteiger partial charge >= 0.3 is 6.18 Å². The minimum Gasteiger partial charge on any atom is -0.369 e. The lowest BCUT2D eigenvalue weighted by Crippen LogP contribution is -2.46. The maximum absolute atomic E-state index is 14.1. The lowest BCUT2D eigenvalue weighted by molar-refractivity contribution is -0.137. The van der Waals surface area contributed by atoms with E-state index in [4.69, 9.17) is 0 Å². The van der Waals surface area contributed by atoms with E-state index >= 15 is 0 Å². The van der Waals surface area contributed by atoms with Gasteiger partial charge in [0.25, 0.3) is 11.8 Å². The van der Waals surface area contributed by atoms with E-state index in [2.05, 4.69) is 17.0 Å². The van der Waals surface area contributed by atoms with Crippen molar-refractivity contribution < 1.29 is 22.8 Å². The topological polar surface area (TPSA) is 43.9 Å². The van der Waals surface area contributed by atoms with Gasteiger partial charge in [-0.2, -0.15) is 13.2 Å². The Bertz CT molecular complexity index is 1200. The Morgan fingerprint density at radius 3 is 1.91 bits per heavy atom. The molecule has 3 aromatic carbocycles. The van der Waals surface area contributed by atoms with Crippen LogP contribution in [0.15, 0.2) is 72.8 Å². The van der Waals surface area contributed by atoms with Crippen LogP contribution in [-0.2, 0) is 12.7 Å². The Morgan fingerprint density at radius 1 is 0.735 bits per heavy atom. The number of alkyl halides is 3. The molecular weight excluding hydrogens is 443 g/mol. The van der Waals surface area contributed by atoms with E-state index in [-0.39, 0.29) is 11.1 Å². The zero-order valence-corrected chi connectivity index (χ0v) is 18.3. The Hall–Kier alpha value is -3.65. The molecule has 2 aliphatic heterocycles. The molecule has 174 valence electrons. The summed E-state index contributed by atoms with van der Waals surface area (Å²) in [5.41, 5.74) is 0.405. The van der Waals surface area contributed by atoms with Crippen LogP contribution in [0.4, 0.5) is 24.5 Å². The maximum atomic E-state index is 14.1.